The molecule has 2 rings (SSSR count). The van der Waals surface area contributed by atoms with Gasteiger partial charge in [-0.25, -0.2) is 4.79 Å². The Hall–Kier alpha value is -1.57. The summed E-state index contributed by atoms with van der Waals surface area (Å²) in [6.45, 7) is 0.782. The van der Waals surface area contributed by atoms with Crippen LogP contribution in [0.5, 0.6) is 0 Å². The van der Waals surface area contributed by atoms with Gasteiger partial charge in [-0.1, -0.05) is 0 Å². The van der Waals surface area contributed by atoms with Gasteiger partial charge in [0.05, 0.1) is 5.56 Å². The zero-order chi connectivity index (χ0) is 16.3. The van der Waals surface area contributed by atoms with Crippen molar-refractivity contribution in [1.82, 2.24) is 4.90 Å². The van der Waals surface area contributed by atoms with E-state index in [4.69, 9.17) is 5.11 Å². The van der Waals surface area contributed by atoms with E-state index < -0.39 is 17.8 Å². The summed E-state index contributed by atoms with van der Waals surface area (Å²) >= 11 is 1.06. The molecule has 2 N–H and O–H groups in total. The fourth-order valence-electron chi connectivity index (χ4n) is 2.47. The van der Waals surface area contributed by atoms with Crippen molar-refractivity contribution in [3.8, 4) is 0 Å². The zero-order valence-corrected chi connectivity index (χ0v) is 12.8. The van der Waals surface area contributed by atoms with Gasteiger partial charge in [0.25, 0.3) is 0 Å². The number of hydrogen-bond donors (Lipinski definition) is 2. The molecule has 0 atom stereocenters. The number of benzene rings is 1. The second-order valence-corrected chi connectivity index (χ2v) is 5.95. The van der Waals surface area contributed by atoms with E-state index in [0.29, 0.717) is 31.6 Å². The maximum absolute atomic E-state index is 13.0. The van der Waals surface area contributed by atoms with E-state index in [9.17, 15) is 18.0 Å². The highest BCUT2D eigenvalue weighted by atomic mass is 32.2. The Morgan fingerprint density at radius 2 is 2.00 bits per heavy atom. The van der Waals surface area contributed by atoms with Crippen molar-refractivity contribution < 1.29 is 23.1 Å². The lowest BCUT2D eigenvalue weighted by molar-refractivity contribution is -0.139. The second-order valence-electron chi connectivity index (χ2n) is 5.10. The predicted octanol–water partition coefficient (Wildman–Crippen LogP) is 3.98. The molecular formula is C14H17F3N2O2S. The van der Waals surface area contributed by atoms with E-state index in [1.165, 1.54) is 11.0 Å². The van der Waals surface area contributed by atoms with Gasteiger partial charge in [-0.15, -0.1) is 11.8 Å². The molecule has 1 heterocycles. The number of likely N-dealkylation sites (tertiary alicyclic amines) is 1. The Kier molecular flexibility index (Phi) is 5.10. The number of nitrogens with zero attached hydrogens (tertiary/aromatic N) is 1. The Bertz CT molecular complexity index is 543. The summed E-state index contributed by atoms with van der Waals surface area (Å²) in [6, 6.07) is 4.19. The van der Waals surface area contributed by atoms with Crippen LogP contribution >= 0.6 is 11.8 Å². The predicted molar refractivity (Wildman–Crippen MR) is 79.5 cm³/mol. The van der Waals surface area contributed by atoms with Gasteiger partial charge in [-0.3, -0.25) is 0 Å². The van der Waals surface area contributed by atoms with E-state index in [1.54, 1.807) is 12.3 Å². The number of anilines is 1. The van der Waals surface area contributed by atoms with Gasteiger partial charge in [0.15, 0.2) is 0 Å². The number of carboxylic acid groups (broad SMARTS) is 1. The summed E-state index contributed by atoms with van der Waals surface area (Å²) in [5, 5.41) is 12.0. The van der Waals surface area contributed by atoms with Crippen molar-refractivity contribution >= 4 is 23.5 Å². The summed E-state index contributed by atoms with van der Waals surface area (Å²) < 4.78 is 39.1. The lowest BCUT2D eigenvalue weighted by Gasteiger charge is -2.31. The van der Waals surface area contributed by atoms with Gasteiger partial charge in [-0.2, -0.15) is 13.2 Å². The van der Waals surface area contributed by atoms with Crippen LogP contribution in [-0.2, 0) is 6.18 Å². The molecule has 4 nitrogen and oxygen atoms in total. The first-order valence-electron chi connectivity index (χ1n) is 6.81. The molecule has 8 heteroatoms. The van der Waals surface area contributed by atoms with Crippen LogP contribution in [-0.4, -0.2) is 41.5 Å². The van der Waals surface area contributed by atoms with Crippen molar-refractivity contribution in [3.63, 3.8) is 0 Å². The number of thioether (sulfide) groups is 1. The topological polar surface area (TPSA) is 52.6 Å². The minimum Gasteiger partial charge on any atom is -0.465 e. The van der Waals surface area contributed by atoms with Crippen LogP contribution in [0.25, 0.3) is 0 Å². The highest BCUT2D eigenvalue weighted by Gasteiger charge is 2.33. The Morgan fingerprint density at radius 1 is 1.36 bits per heavy atom. The van der Waals surface area contributed by atoms with E-state index in [-0.39, 0.29) is 10.9 Å². The van der Waals surface area contributed by atoms with Crippen LogP contribution in [0.3, 0.4) is 0 Å². The Labute approximate surface area is 130 Å². The summed E-state index contributed by atoms with van der Waals surface area (Å²) in [6.07, 6.45) is -2.57. The number of piperidine rings is 1. The van der Waals surface area contributed by atoms with Crippen LogP contribution in [0.2, 0.25) is 0 Å². The third-order valence-corrected chi connectivity index (χ3v) is 4.44. The monoisotopic (exact) mass is 334 g/mol. The third-order valence-electron chi connectivity index (χ3n) is 3.64. The van der Waals surface area contributed by atoms with Crippen molar-refractivity contribution in [1.29, 1.82) is 0 Å². The zero-order valence-electron chi connectivity index (χ0n) is 12.0. The number of rotatable bonds is 3. The molecule has 1 aliphatic heterocycles. The average Bonchev–Trinajstić information content (AvgIpc) is 2.47. The van der Waals surface area contributed by atoms with Crippen molar-refractivity contribution in [3.05, 3.63) is 23.8 Å². The van der Waals surface area contributed by atoms with E-state index in [1.807, 2.05) is 0 Å². The highest BCUT2D eigenvalue weighted by molar-refractivity contribution is 7.98. The molecule has 1 fully saturated rings. The van der Waals surface area contributed by atoms with Gasteiger partial charge < -0.3 is 15.3 Å². The minimum absolute atomic E-state index is 0.0168. The first-order valence-corrected chi connectivity index (χ1v) is 8.03. The molecule has 0 aliphatic carbocycles. The first-order chi connectivity index (χ1) is 10.3. The molecule has 0 spiro atoms. The molecule has 1 aromatic rings. The molecule has 0 saturated carbocycles. The maximum atomic E-state index is 13.0. The van der Waals surface area contributed by atoms with Crippen LogP contribution in [0.1, 0.15) is 18.4 Å². The maximum Gasteiger partial charge on any atom is 0.417 e. The SMILES string of the molecule is CSc1ccc(NC2CCN(C(=O)O)CC2)cc1C(F)(F)F. The first kappa shape index (κ1) is 16.8. The van der Waals surface area contributed by atoms with Gasteiger partial charge in [0.1, 0.15) is 0 Å². The molecule has 0 bridgehead atoms. The lowest BCUT2D eigenvalue weighted by Crippen LogP contribution is -2.41. The van der Waals surface area contributed by atoms with Crippen molar-refractivity contribution in [2.24, 2.45) is 0 Å². The number of amides is 1. The molecule has 122 valence electrons. The molecule has 1 aliphatic rings. The molecule has 1 aromatic carbocycles. The van der Waals surface area contributed by atoms with Gasteiger partial charge in [0, 0.05) is 29.7 Å². The fraction of sp³-hybridized carbons (Fsp3) is 0.500. The number of nitrogens with one attached hydrogen (secondary N) is 1. The molecule has 1 saturated heterocycles. The number of carbonyl (C=O) groups is 1. The molecule has 22 heavy (non-hydrogen) atoms. The highest BCUT2D eigenvalue weighted by Crippen LogP contribution is 2.37. The smallest absolute Gasteiger partial charge is 0.417 e. The summed E-state index contributed by atoms with van der Waals surface area (Å²) in [7, 11) is 0. The van der Waals surface area contributed by atoms with Crippen LogP contribution in [0.15, 0.2) is 23.1 Å². The summed E-state index contributed by atoms with van der Waals surface area (Å²) in [5.41, 5.74) is -0.230. The normalized spacial score (nSPS) is 16.6. The van der Waals surface area contributed by atoms with E-state index >= 15 is 0 Å². The third kappa shape index (κ3) is 4.00. The van der Waals surface area contributed by atoms with Crippen LogP contribution in [0.4, 0.5) is 23.7 Å². The van der Waals surface area contributed by atoms with E-state index in [0.717, 1.165) is 17.8 Å². The van der Waals surface area contributed by atoms with Gasteiger partial charge >= 0.3 is 12.3 Å². The summed E-state index contributed by atoms with van der Waals surface area (Å²) in [5.74, 6) is 0. The van der Waals surface area contributed by atoms with Crippen LogP contribution < -0.4 is 5.32 Å². The molecule has 0 unspecified atom stereocenters. The van der Waals surface area contributed by atoms with E-state index in [2.05, 4.69) is 5.32 Å². The number of halogens is 3. The van der Waals surface area contributed by atoms with Crippen molar-refractivity contribution in [2.45, 2.75) is 30.0 Å². The molecule has 0 aromatic heterocycles. The second kappa shape index (κ2) is 6.68. The van der Waals surface area contributed by atoms with Crippen molar-refractivity contribution in [2.75, 3.05) is 24.7 Å². The lowest BCUT2D eigenvalue weighted by atomic mass is 10.0. The minimum atomic E-state index is -4.39. The standard InChI is InChI=1S/C14H17F3N2O2S/c1-22-12-3-2-10(8-11(12)14(15,16)17)18-9-4-6-19(7-5-9)13(20)21/h2-3,8-9,18H,4-7H2,1H3,(H,20,21). The average molecular weight is 334 g/mol. The largest absolute Gasteiger partial charge is 0.465 e. The van der Waals surface area contributed by atoms with Gasteiger partial charge in [0.2, 0.25) is 0 Å². The number of hydrogen-bond acceptors (Lipinski definition) is 3. The quantitative estimate of drug-likeness (QED) is 0.821. The summed E-state index contributed by atoms with van der Waals surface area (Å²) in [4.78, 5) is 12.3. The fourth-order valence-corrected chi connectivity index (χ4v) is 3.07. The Balaban J connectivity index is 2.06. The molecule has 0 radical (unpaired) electrons. The Morgan fingerprint density at radius 3 is 2.50 bits per heavy atom. The number of alkyl halides is 3. The molecular weight excluding hydrogens is 317 g/mol. The molecule has 1 amide bonds. The van der Waals surface area contributed by atoms with Crippen LogP contribution in [0, 0.1) is 0 Å². The van der Waals surface area contributed by atoms with Gasteiger partial charge in [-0.05, 0) is 37.3 Å².